The summed E-state index contributed by atoms with van der Waals surface area (Å²) in [6.07, 6.45) is 1.09. The summed E-state index contributed by atoms with van der Waals surface area (Å²) in [5.74, 6) is -3.11. The maximum Gasteiger partial charge on any atom is 0.326 e. The van der Waals surface area contributed by atoms with Gasteiger partial charge >= 0.3 is 5.97 Å². The molecule has 1 aromatic rings. The van der Waals surface area contributed by atoms with Crippen LogP contribution in [0.25, 0.3) is 0 Å². The first-order chi connectivity index (χ1) is 17.4. The van der Waals surface area contributed by atoms with Gasteiger partial charge in [0.25, 0.3) is 0 Å². The number of carbonyl (C=O) groups excluding carboxylic acids is 3. The summed E-state index contributed by atoms with van der Waals surface area (Å²) in [6.45, 7) is 4.00. The molecule has 0 fully saturated rings. The number of nitrogens with zero attached hydrogens (tertiary/aromatic N) is 1. The van der Waals surface area contributed by atoms with E-state index in [1.54, 1.807) is 24.3 Å². The van der Waals surface area contributed by atoms with Crippen LogP contribution in [0.1, 0.15) is 38.7 Å². The molecule has 37 heavy (non-hydrogen) atoms. The van der Waals surface area contributed by atoms with E-state index in [0.29, 0.717) is 13.0 Å². The first kappa shape index (κ1) is 31.7. The molecule has 0 aromatic heterocycles. The van der Waals surface area contributed by atoms with Crippen LogP contribution in [-0.4, -0.2) is 71.2 Å². The molecule has 0 saturated heterocycles. The molecular weight excluding hydrogens is 498 g/mol. The van der Waals surface area contributed by atoms with Crippen molar-refractivity contribution in [2.75, 3.05) is 12.3 Å². The minimum absolute atomic E-state index is 0.0241. The number of carbonyl (C=O) groups is 4. The van der Waals surface area contributed by atoms with Crippen LogP contribution in [0.5, 0.6) is 0 Å². The van der Waals surface area contributed by atoms with E-state index in [2.05, 4.69) is 33.6 Å². The normalized spacial score (nSPS) is 14.1. The average molecular weight is 538 g/mol. The molecule has 1 aromatic carbocycles. The van der Waals surface area contributed by atoms with Crippen LogP contribution in [0.2, 0.25) is 0 Å². The highest BCUT2D eigenvalue weighted by atomic mass is 32.1. The summed E-state index contributed by atoms with van der Waals surface area (Å²) >= 11 is 4.16. The zero-order valence-corrected chi connectivity index (χ0v) is 22.1. The number of benzene rings is 1. The van der Waals surface area contributed by atoms with Crippen LogP contribution in [0.4, 0.5) is 0 Å². The van der Waals surface area contributed by atoms with E-state index >= 15 is 0 Å². The quantitative estimate of drug-likeness (QED) is 0.0572. The number of thiol groups is 1. The molecule has 0 aliphatic rings. The van der Waals surface area contributed by atoms with E-state index in [1.165, 1.54) is 0 Å². The third kappa shape index (κ3) is 12.5. The molecule has 4 atom stereocenters. The van der Waals surface area contributed by atoms with Gasteiger partial charge in [-0.25, -0.2) is 4.79 Å². The second-order valence-corrected chi connectivity index (χ2v) is 9.44. The molecule has 0 heterocycles. The first-order valence-electron chi connectivity index (χ1n) is 12.0. The van der Waals surface area contributed by atoms with Gasteiger partial charge < -0.3 is 38.3 Å². The fourth-order valence-corrected chi connectivity index (χ4v) is 3.68. The van der Waals surface area contributed by atoms with Crippen LogP contribution in [0.15, 0.2) is 35.3 Å². The predicted octanol–water partition coefficient (Wildman–Crippen LogP) is -0.875. The van der Waals surface area contributed by atoms with Crippen molar-refractivity contribution in [1.82, 2.24) is 16.0 Å². The highest BCUT2D eigenvalue weighted by Crippen LogP contribution is 2.08. The van der Waals surface area contributed by atoms with Crippen molar-refractivity contribution in [3.05, 3.63) is 35.9 Å². The van der Waals surface area contributed by atoms with Gasteiger partial charge in [-0.15, -0.1) is 0 Å². The van der Waals surface area contributed by atoms with Crippen LogP contribution in [-0.2, 0) is 25.6 Å². The molecule has 206 valence electrons. The molecular formula is C24H39N7O5S. The Morgan fingerprint density at radius 1 is 0.946 bits per heavy atom. The smallest absolute Gasteiger partial charge is 0.326 e. The van der Waals surface area contributed by atoms with Gasteiger partial charge in [0.1, 0.15) is 18.1 Å². The molecule has 4 unspecified atom stereocenters. The number of carboxylic acid groups (broad SMARTS) is 1. The lowest BCUT2D eigenvalue weighted by atomic mass is 10.0. The standard InChI is InChI=1S/C24H39N7O5S/c1-14(2)11-18(23(35)36)30-21(33)17(12-15-7-4-3-5-8-15)29-22(34)19(13-37)31-20(32)16(25)9-6-10-28-24(26)27/h3-5,7-8,14,16-19,37H,6,9-13,25H2,1-2H3,(H,29,34)(H,30,33)(H,31,32)(H,35,36)(H4,26,27,28). The minimum Gasteiger partial charge on any atom is -0.480 e. The Hall–Kier alpha value is -3.32. The van der Waals surface area contributed by atoms with Gasteiger partial charge in [0.05, 0.1) is 6.04 Å². The van der Waals surface area contributed by atoms with Crippen LogP contribution < -0.4 is 33.2 Å². The van der Waals surface area contributed by atoms with Gasteiger partial charge in [0.15, 0.2) is 5.96 Å². The largest absolute Gasteiger partial charge is 0.480 e. The molecule has 13 heteroatoms. The van der Waals surface area contributed by atoms with Gasteiger partial charge in [-0.05, 0) is 30.7 Å². The van der Waals surface area contributed by atoms with E-state index in [1.807, 2.05) is 19.9 Å². The Bertz CT molecular complexity index is 925. The molecule has 0 aliphatic carbocycles. The molecule has 1 rings (SSSR count). The number of carboxylic acids is 1. The highest BCUT2D eigenvalue weighted by molar-refractivity contribution is 7.80. The van der Waals surface area contributed by atoms with Gasteiger partial charge in [-0.1, -0.05) is 44.2 Å². The van der Waals surface area contributed by atoms with Crippen LogP contribution >= 0.6 is 12.6 Å². The summed E-state index contributed by atoms with van der Waals surface area (Å²) in [5, 5.41) is 17.2. The number of aliphatic carboxylic acids is 1. The molecule has 0 spiro atoms. The second kappa shape index (κ2) is 16.4. The van der Waals surface area contributed by atoms with Crippen LogP contribution in [0.3, 0.4) is 0 Å². The molecule has 0 aliphatic heterocycles. The number of nitrogens with two attached hydrogens (primary N) is 3. The Labute approximate surface area is 222 Å². The van der Waals surface area contributed by atoms with E-state index in [-0.39, 0.29) is 36.9 Å². The summed E-state index contributed by atoms with van der Waals surface area (Å²) < 4.78 is 0. The molecule has 10 N–H and O–H groups in total. The Morgan fingerprint density at radius 2 is 1.51 bits per heavy atom. The highest BCUT2D eigenvalue weighted by Gasteiger charge is 2.30. The topological polar surface area (TPSA) is 215 Å². The SMILES string of the molecule is CC(C)CC(NC(=O)C(Cc1ccccc1)NC(=O)C(CS)NC(=O)C(N)CCCN=C(N)N)C(=O)O. The average Bonchev–Trinajstić information content (AvgIpc) is 2.83. The predicted molar refractivity (Wildman–Crippen MR) is 145 cm³/mol. The number of nitrogens with one attached hydrogen (secondary N) is 3. The van der Waals surface area contributed by atoms with Crippen molar-refractivity contribution in [3.63, 3.8) is 0 Å². The van der Waals surface area contributed by atoms with Crippen molar-refractivity contribution in [3.8, 4) is 0 Å². The summed E-state index contributed by atoms with van der Waals surface area (Å²) in [4.78, 5) is 54.1. The molecule has 12 nitrogen and oxygen atoms in total. The number of hydrogen-bond donors (Lipinski definition) is 8. The van der Waals surface area contributed by atoms with E-state index in [9.17, 15) is 24.3 Å². The van der Waals surface area contributed by atoms with Crippen LogP contribution in [0, 0.1) is 5.92 Å². The summed E-state index contributed by atoms with van der Waals surface area (Å²) in [5.41, 5.74) is 17.2. The van der Waals surface area contributed by atoms with E-state index in [4.69, 9.17) is 17.2 Å². The third-order valence-corrected chi connectivity index (χ3v) is 5.72. The number of aliphatic imine (C=N–C) groups is 1. The number of hydrogen-bond acceptors (Lipinski definition) is 7. The van der Waals surface area contributed by atoms with Crippen molar-refractivity contribution in [2.24, 2.45) is 28.1 Å². The van der Waals surface area contributed by atoms with Gasteiger partial charge in [-0.3, -0.25) is 19.4 Å². The second-order valence-electron chi connectivity index (χ2n) is 9.08. The zero-order chi connectivity index (χ0) is 28.0. The van der Waals surface area contributed by atoms with Gasteiger partial charge in [-0.2, -0.15) is 12.6 Å². The van der Waals surface area contributed by atoms with Crippen molar-refractivity contribution >= 4 is 42.3 Å². The number of guanidine groups is 1. The Morgan fingerprint density at radius 3 is 2.05 bits per heavy atom. The van der Waals surface area contributed by atoms with Crippen molar-refractivity contribution < 1.29 is 24.3 Å². The van der Waals surface area contributed by atoms with Crippen molar-refractivity contribution in [2.45, 2.75) is 63.7 Å². The molecule has 0 radical (unpaired) electrons. The van der Waals surface area contributed by atoms with Gasteiger partial charge in [0, 0.05) is 18.7 Å². The van der Waals surface area contributed by atoms with Crippen molar-refractivity contribution in [1.29, 1.82) is 0 Å². The lowest BCUT2D eigenvalue weighted by Crippen LogP contribution is -2.58. The maximum atomic E-state index is 13.1. The first-order valence-corrected chi connectivity index (χ1v) is 12.7. The van der Waals surface area contributed by atoms with E-state index < -0.39 is 47.9 Å². The lowest BCUT2D eigenvalue weighted by molar-refractivity contribution is -0.142. The summed E-state index contributed by atoms with van der Waals surface area (Å²) in [6, 6.07) is 4.79. The number of rotatable bonds is 16. The zero-order valence-electron chi connectivity index (χ0n) is 21.2. The lowest BCUT2D eigenvalue weighted by Gasteiger charge is -2.25. The Kier molecular flexibility index (Phi) is 14.1. The fraction of sp³-hybridized carbons (Fsp3) is 0.542. The monoisotopic (exact) mass is 537 g/mol. The van der Waals surface area contributed by atoms with E-state index in [0.717, 1.165) is 5.56 Å². The third-order valence-electron chi connectivity index (χ3n) is 5.36. The van der Waals surface area contributed by atoms with Gasteiger partial charge in [0.2, 0.25) is 17.7 Å². The maximum absolute atomic E-state index is 13.1. The Balaban J connectivity index is 2.92. The number of amides is 3. The fourth-order valence-electron chi connectivity index (χ4n) is 3.42. The molecule has 3 amide bonds. The molecule has 0 bridgehead atoms. The summed E-state index contributed by atoms with van der Waals surface area (Å²) in [7, 11) is 0. The molecule has 0 saturated carbocycles. The minimum atomic E-state index is -1.17.